The summed E-state index contributed by atoms with van der Waals surface area (Å²) in [7, 11) is 0. The van der Waals surface area contributed by atoms with Crippen LogP contribution in [0, 0.1) is 0 Å². The number of aromatic nitrogens is 4. The van der Waals surface area contributed by atoms with Crippen LogP contribution in [0.25, 0.3) is 22.3 Å². The molecule has 0 spiro atoms. The summed E-state index contributed by atoms with van der Waals surface area (Å²) in [5.41, 5.74) is 11.6. The Labute approximate surface area is 185 Å². The molecule has 3 N–H and O–H groups in total. The molecule has 7 nitrogen and oxygen atoms in total. The SMILES string of the molecule is C=CC(=O)Cc1cc(O)cc(-c2nn(C3CCc4ccccc4C3)c3ncnc(N)c23)c1. The largest absolute Gasteiger partial charge is 0.508 e. The first kappa shape index (κ1) is 19.9. The Morgan fingerprint density at radius 1 is 1.22 bits per heavy atom. The number of carbonyl (C=O) groups excluding carboxylic acids is 1. The van der Waals surface area contributed by atoms with Gasteiger partial charge in [-0.05, 0) is 60.2 Å². The molecule has 4 aromatic rings. The Kier molecular flexibility index (Phi) is 4.93. The predicted molar refractivity (Wildman–Crippen MR) is 123 cm³/mol. The topological polar surface area (TPSA) is 107 Å². The lowest BCUT2D eigenvalue weighted by Crippen LogP contribution is -2.20. The quantitative estimate of drug-likeness (QED) is 0.471. The maximum Gasteiger partial charge on any atom is 0.164 e. The van der Waals surface area contributed by atoms with Crippen LogP contribution in [0.1, 0.15) is 29.2 Å². The minimum absolute atomic E-state index is 0.0547. The fourth-order valence-corrected chi connectivity index (χ4v) is 4.53. The number of aromatic hydroxyl groups is 1. The van der Waals surface area contributed by atoms with Crippen LogP contribution in [0.4, 0.5) is 5.82 Å². The number of ketones is 1. The Hall–Kier alpha value is -4.00. The zero-order valence-corrected chi connectivity index (χ0v) is 17.5. The number of benzene rings is 2. The van der Waals surface area contributed by atoms with Crippen molar-refractivity contribution in [2.24, 2.45) is 0 Å². The fourth-order valence-electron chi connectivity index (χ4n) is 4.53. The molecule has 1 aliphatic rings. The number of allylic oxidation sites excluding steroid dienone is 1. The number of rotatable bonds is 5. The Bertz CT molecular complexity index is 1360. The summed E-state index contributed by atoms with van der Waals surface area (Å²) in [6, 6.07) is 13.6. The first-order valence-corrected chi connectivity index (χ1v) is 10.6. The van der Waals surface area contributed by atoms with Crippen LogP contribution in [0.15, 0.2) is 61.4 Å². The van der Waals surface area contributed by atoms with E-state index in [9.17, 15) is 9.90 Å². The van der Waals surface area contributed by atoms with Gasteiger partial charge in [-0.25, -0.2) is 14.6 Å². The van der Waals surface area contributed by atoms with E-state index in [0.29, 0.717) is 33.7 Å². The third-order valence-electron chi connectivity index (χ3n) is 6.04. The van der Waals surface area contributed by atoms with Crippen LogP contribution in [-0.2, 0) is 24.1 Å². The van der Waals surface area contributed by atoms with Crippen LogP contribution in [0.2, 0.25) is 0 Å². The Balaban J connectivity index is 1.63. The Morgan fingerprint density at radius 2 is 2.03 bits per heavy atom. The maximum absolute atomic E-state index is 11.9. The molecular formula is C25H23N5O2. The minimum Gasteiger partial charge on any atom is -0.508 e. The van der Waals surface area contributed by atoms with Gasteiger partial charge in [0.1, 0.15) is 23.6 Å². The zero-order valence-electron chi connectivity index (χ0n) is 17.5. The first-order chi connectivity index (χ1) is 15.5. The number of anilines is 1. The van der Waals surface area contributed by atoms with E-state index in [1.54, 1.807) is 12.1 Å². The van der Waals surface area contributed by atoms with Gasteiger partial charge >= 0.3 is 0 Å². The highest BCUT2D eigenvalue weighted by Crippen LogP contribution is 2.37. The summed E-state index contributed by atoms with van der Waals surface area (Å²) in [6.45, 7) is 3.52. The molecule has 0 saturated heterocycles. The summed E-state index contributed by atoms with van der Waals surface area (Å²) >= 11 is 0. The predicted octanol–water partition coefficient (Wildman–Crippen LogP) is 3.81. The van der Waals surface area contributed by atoms with Crippen molar-refractivity contribution in [1.29, 1.82) is 0 Å². The molecular weight excluding hydrogens is 402 g/mol. The molecule has 0 amide bonds. The van der Waals surface area contributed by atoms with Crippen molar-refractivity contribution in [2.45, 2.75) is 31.7 Å². The highest BCUT2D eigenvalue weighted by Gasteiger charge is 2.26. The highest BCUT2D eigenvalue weighted by atomic mass is 16.3. The highest BCUT2D eigenvalue weighted by molar-refractivity contribution is 5.99. The molecule has 2 aromatic heterocycles. The fraction of sp³-hybridized carbons (Fsp3) is 0.200. The number of carbonyl (C=O) groups is 1. The molecule has 32 heavy (non-hydrogen) atoms. The van der Waals surface area contributed by atoms with Crippen LogP contribution in [-0.4, -0.2) is 30.6 Å². The van der Waals surface area contributed by atoms with Crippen molar-refractivity contribution in [3.8, 4) is 17.0 Å². The molecule has 0 fully saturated rings. The van der Waals surface area contributed by atoms with Crippen molar-refractivity contribution in [1.82, 2.24) is 19.7 Å². The number of hydrogen-bond acceptors (Lipinski definition) is 6. The van der Waals surface area contributed by atoms with Crippen LogP contribution < -0.4 is 5.73 Å². The van der Waals surface area contributed by atoms with E-state index in [0.717, 1.165) is 19.3 Å². The number of hydrogen-bond donors (Lipinski definition) is 2. The average Bonchev–Trinajstić information content (AvgIpc) is 3.19. The normalized spacial score (nSPS) is 15.4. The standard InChI is InChI=1S/C25H23N5O2/c1-2-20(31)10-15-9-18(13-21(32)11-15)23-22-24(26)27-14-28-25(22)30(29-23)19-8-7-16-5-3-4-6-17(16)12-19/h2-6,9,11,13-14,19,32H,1,7-8,10,12H2,(H2,26,27,28). The second-order valence-electron chi connectivity index (χ2n) is 8.15. The molecule has 0 bridgehead atoms. The number of fused-ring (bicyclic) bond motifs is 2. The van der Waals surface area contributed by atoms with Crippen LogP contribution in [0.3, 0.4) is 0 Å². The van der Waals surface area contributed by atoms with Gasteiger partial charge in [-0.1, -0.05) is 30.8 Å². The molecule has 5 rings (SSSR count). The van der Waals surface area contributed by atoms with E-state index in [1.807, 2.05) is 10.7 Å². The summed E-state index contributed by atoms with van der Waals surface area (Å²) in [4.78, 5) is 20.5. The van der Waals surface area contributed by atoms with Crippen LogP contribution >= 0.6 is 0 Å². The van der Waals surface area contributed by atoms with E-state index < -0.39 is 0 Å². The summed E-state index contributed by atoms with van der Waals surface area (Å²) < 4.78 is 1.94. The summed E-state index contributed by atoms with van der Waals surface area (Å²) in [6.07, 6.45) is 5.65. The molecule has 160 valence electrons. The minimum atomic E-state index is -0.124. The maximum atomic E-state index is 11.9. The molecule has 1 aliphatic carbocycles. The lowest BCUT2D eigenvalue weighted by Gasteiger charge is -2.25. The van der Waals surface area contributed by atoms with Gasteiger partial charge in [0.2, 0.25) is 0 Å². The zero-order chi connectivity index (χ0) is 22.2. The van der Waals surface area contributed by atoms with Crippen molar-refractivity contribution >= 4 is 22.6 Å². The number of phenols is 1. The van der Waals surface area contributed by atoms with Gasteiger partial charge in [0.05, 0.1) is 11.4 Å². The van der Waals surface area contributed by atoms with Gasteiger partial charge in [0.25, 0.3) is 0 Å². The molecule has 0 aliphatic heterocycles. The van der Waals surface area contributed by atoms with Gasteiger partial charge in [-0.2, -0.15) is 5.10 Å². The van der Waals surface area contributed by atoms with E-state index in [-0.39, 0.29) is 24.0 Å². The van der Waals surface area contributed by atoms with Gasteiger partial charge in [-0.3, -0.25) is 4.79 Å². The van der Waals surface area contributed by atoms with E-state index in [2.05, 4.69) is 40.8 Å². The van der Waals surface area contributed by atoms with Crippen molar-refractivity contribution in [2.75, 3.05) is 5.73 Å². The third kappa shape index (κ3) is 3.51. The number of nitrogens with zero attached hydrogens (tertiary/aromatic N) is 4. The van der Waals surface area contributed by atoms with E-state index >= 15 is 0 Å². The van der Waals surface area contributed by atoms with Gasteiger partial charge in [0.15, 0.2) is 11.4 Å². The summed E-state index contributed by atoms with van der Waals surface area (Å²) in [5, 5.41) is 15.9. The van der Waals surface area contributed by atoms with Gasteiger partial charge < -0.3 is 10.8 Å². The van der Waals surface area contributed by atoms with Gasteiger partial charge in [0, 0.05) is 12.0 Å². The first-order valence-electron chi connectivity index (χ1n) is 10.6. The second-order valence-corrected chi connectivity index (χ2v) is 8.15. The van der Waals surface area contributed by atoms with Crippen molar-refractivity contribution in [3.05, 3.63) is 78.1 Å². The van der Waals surface area contributed by atoms with Crippen molar-refractivity contribution < 1.29 is 9.90 Å². The molecule has 2 aromatic carbocycles. The molecule has 1 unspecified atom stereocenters. The van der Waals surface area contributed by atoms with Crippen molar-refractivity contribution in [3.63, 3.8) is 0 Å². The molecule has 0 saturated carbocycles. The van der Waals surface area contributed by atoms with Crippen LogP contribution in [0.5, 0.6) is 5.75 Å². The number of aryl methyl sites for hydroxylation is 1. The molecule has 7 heteroatoms. The van der Waals surface area contributed by atoms with E-state index in [4.69, 9.17) is 10.8 Å². The molecule has 0 radical (unpaired) electrons. The lowest BCUT2D eigenvalue weighted by molar-refractivity contribution is -0.114. The Morgan fingerprint density at radius 3 is 2.84 bits per heavy atom. The monoisotopic (exact) mass is 425 g/mol. The number of phenolic OH excluding ortho intramolecular Hbond substituents is 1. The smallest absolute Gasteiger partial charge is 0.164 e. The second kappa shape index (κ2) is 7.92. The number of nitrogens with two attached hydrogens (primary N) is 1. The van der Waals surface area contributed by atoms with Gasteiger partial charge in [-0.15, -0.1) is 0 Å². The number of nitrogen functional groups attached to an aromatic ring is 1. The molecule has 2 heterocycles. The third-order valence-corrected chi connectivity index (χ3v) is 6.04. The summed E-state index contributed by atoms with van der Waals surface area (Å²) in [5.74, 6) is 0.263. The lowest BCUT2D eigenvalue weighted by atomic mass is 9.88. The average molecular weight is 425 g/mol. The van der Waals surface area contributed by atoms with E-state index in [1.165, 1.54) is 23.5 Å². The molecule has 1 atom stereocenters.